The fourth-order valence-corrected chi connectivity index (χ4v) is 1.97. The number of ether oxygens (including phenoxy) is 1. The zero-order valence-corrected chi connectivity index (χ0v) is 13.9. The second kappa shape index (κ2) is 7.36. The molecule has 0 saturated carbocycles. The van der Waals surface area contributed by atoms with Crippen molar-refractivity contribution in [3.63, 3.8) is 0 Å². The molecule has 0 fully saturated rings. The fraction of sp³-hybridized carbons (Fsp3) is 0.833. The van der Waals surface area contributed by atoms with E-state index in [1.165, 1.54) is 13.8 Å². The second-order valence-corrected chi connectivity index (χ2v) is 7.06. The molecule has 22 heavy (non-hydrogen) atoms. The highest BCUT2D eigenvalue weighted by molar-refractivity contribution is 7.87. The molecule has 10 heteroatoms. The minimum absolute atomic E-state index is 0.0953. The largest absolute Gasteiger partial charge is 0.444 e. The standard InChI is InChI=1S/C12H24N2O7S/c1-5-11(3,13)21-9(15)7-8(22(18,19)20)10(16)14-12(4,17)6-2/h8,17H,5-7,13H2,1-4H3,(H,14,16)(H,18,19,20). The SMILES string of the molecule is CCC(C)(O)NC(=O)C(CC(=O)OC(C)(N)CC)S(=O)(=O)O. The van der Waals surface area contributed by atoms with Crippen LogP contribution in [0.2, 0.25) is 0 Å². The van der Waals surface area contributed by atoms with E-state index in [1.54, 1.807) is 13.8 Å². The lowest BCUT2D eigenvalue weighted by Gasteiger charge is -2.26. The van der Waals surface area contributed by atoms with Crippen molar-refractivity contribution in [2.45, 2.75) is 63.7 Å². The van der Waals surface area contributed by atoms with Gasteiger partial charge in [-0.15, -0.1) is 0 Å². The summed E-state index contributed by atoms with van der Waals surface area (Å²) >= 11 is 0. The normalized spacial score (nSPS) is 18.7. The molecule has 0 rings (SSSR count). The van der Waals surface area contributed by atoms with E-state index in [2.05, 4.69) is 0 Å². The molecule has 0 saturated heterocycles. The van der Waals surface area contributed by atoms with E-state index in [9.17, 15) is 23.1 Å². The Morgan fingerprint density at radius 1 is 1.27 bits per heavy atom. The Morgan fingerprint density at radius 2 is 1.77 bits per heavy atom. The number of rotatable bonds is 8. The molecule has 0 heterocycles. The van der Waals surface area contributed by atoms with E-state index in [0.29, 0.717) is 0 Å². The summed E-state index contributed by atoms with van der Waals surface area (Å²) in [5.41, 5.74) is 2.62. The predicted molar refractivity (Wildman–Crippen MR) is 78.0 cm³/mol. The molecule has 0 aliphatic heterocycles. The Balaban J connectivity index is 5.11. The van der Waals surface area contributed by atoms with E-state index in [-0.39, 0.29) is 12.8 Å². The van der Waals surface area contributed by atoms with Crippen LogP contribution in [-0.2, 0) is 24.4 Å². The molecule has 1 amide bonds. The van der Waals surface area contributed by atoms with Crippen LogP contribution in [-0.4, -0.2) is 46.7 Å². The summed E-state index contributed by atoms with van der Waals surface area (Å²) < 4.78 is 36.5. The van der Waals surface area contributed by atoms with Gasteiger partial charge in [0, 0.05) is 0 Å². The van der Waals surface area contributed by atoms with Crippen molar-refractivity contribution in [1.29, 1.82) is 0 Å². The van der Waals surface area contributed by atoms with Gasteiger partial charge >= 0.3 is 5.97 Å². The van der Waals surface area contributed by atoms with Crippen molar-refractivity contribution in [2.75, 3.05) is 0 Å². The summed E-state index contributed by atoms with van der Waals surface area (Å²) in [7, 11) is -4.87. The molecule has 0 aliphatic rings. The quantitative estimate of drug-likeness (QED) is 0.261. The molecule has 0 aromatic rings. The third-order valence-electron chi connectivity index (χ3n) is 3.13. The number of aliphatic hydroxyl groups is 1. The summed E-state index contributed by atoms with van der Waals surface area (Å²) in [6.07, 6.45) is -0.554. The lowest BCUT2D eigenvalue weighted by Crippen LogP contribution is -2.52. The lowest BCUT2D eigenvalue weighted by molar-refractivity contribution is -0.159. The minimum Gasteiger partial charge on any atom is -0.444 e. The van der Waals surface area contributed by atoms with Crippen LogP contribution in [0.5, 0.6) is 0 Å². The van der Waals surface area contributed by atoms with Gasteiger partial charge in [0.25, 0.3) is 10.1 Å². The first-order chi connectivity index (χ1) is 9.74. The van der Waals surface area contributed by atoms with Gasteiger partial charge in [0.1, 0.15) is 5.72 Å². The Labute approximate surface area is 130 Å². The van der Waals surface area contributed by atoms with E-state index >= 15 is 0 Å². The van der Waals surface area contributed by atoms with Gasteiger partial charge in [-0.25, -0.2) is 0 Å². The maximum Gasteiger partial charge on any atom is 0.309 e. The number of hydrogen-bond acceptors (Lipinski definition) is 7. The molecule has 0 aromatic heterocycles. The Hall–Kier alpha value is -1.23. The highest BCUT2D eigenvalue weighted by atomic mass is 32.2. The van der Waals surface area contributed by atoms with Gasteiger partial charge in [0.15, 0.2) is 11.0 Å². The minimum atomic E-state index is -4.87. The van der Waals surface area contributed by atoms with Crippen molar-refractivity contribution < 1.29 is 32.4 Å². The summed E-state index contributed by atoms with van der Waals surface area (Å²) in [5.74, 6) is -2.26. The Kier molecular flexibility index (Phi) is 6.95. The van der Waals surface area contributed by atoms with Gasteiger partial charge in [0.05, 0.1) is 6.42 Å². The van der Waals surface area contributed by atoms with Gasteiger partial charge in [-0.3, -0.25) is 19.9 Å². The number of nitrogens with one attached hydrogen (secondary N) is 1. The molecule has 5 N–H and O–H groups in total. The van der Waals surface area contributed by atoms with Crippen LogP contribution in [0.1, 0.15) is 47.0 Å². The smallest absolute Gasteiger partial charge is 0.309 e. The first-order valence-electron chi connectivity index (χ1n) is 6.75. The van der Waals surface area contributed by atoms with Crippen molar-refractivity contribution in [1.82, 2.24) is 5.32 Å². The zero-order valence-electron chi connectivity index (χ0n) is 13.1. The number of amides is 1. The van der Waals surface area contributed by atoms with Crippen molar-refractivity contribution in [3.8, 4) is 0 Å². The van der Waals surface area contributed by atoms with Crippen LogP contribution in [0, 0.1) is 0 Å². The topological polar surface area (TPSA) is 156 Å². The van der Waals surface area contributed by atoms with Crippen LogP contribution in [0.3, 0.4) is 0 Å². The van der Waals surface area contributed by atoms with E-state index in [0.717, 1.165) is 0 Å². The van der Waals surface area contributed by atoms with Gasteiger partial charge in [-0.05, 0) is 26.7 Å². The fourth-order valence-electron chi connectivity index (χ4n) is 1.29. The first kappa shape index (κ1) is 20.8. The molecule has 130 valence electrons. The molecule has 3 atom stereocenters. The molecule has 0 spiro atoms. The zero-order chi connectivity index (χ0) is 17.8. The molecule has 0 aromatic carbocycles. The molecule has 0 radical (unpaired) electrons. The Bertz CT molecular complexity index is 514. The third kappa shape index (κ3) is 7.16. The van der Waals surface area contributed by atoms with Crippen LogP contribution in [0.25, 0.3) is 0 Å². The number of hydrogen-bond donors (Lipinski definition) is 4. The molecule has 0 aliphatic carbocycles. The lowest BCUT2D eigenvalue weighted by atomic mass is 10.1. The summed E-state index contributed by atoms with van der Waals surface area (Å²) in [4.78, 5) is 23.6. The number of carbonyl (C=O) groups is 2. The van der Waals surface area contributed by atoms with Crippen molar-refractivity contribution >= 4 is 22.0 Å². The van der Waals surface area contributed by atoms with Crippen LogP contribution >= 0.6 is 0 Å². The van der Waals surface area contributed by atoms with Gasteiger partial charge in [0.2, 0.25) is 5.91 Å². The van der Waals surface area contributed by atoms with Crippen molar-refractivity contribution in [2.24, 2.45) is 5.73 Å². The highest BCUT2D eigenvalue weighted by Gasteiger charge is 2.37. The molecule has 0 bridgehead atoms. The second-order valence-electron chi connectivity index (χ2n) is 5.46. The molecular weight excluding hydrogens is 316 g/mol. The van der Waals surface area contributed by atoms with Gasteiger partial charge in [-0.2, -0.15) is 8.42 Å². The van der Waals surface area contributed by atoms with Crippen molar-refractivity contribution in [3.05, 3.63) is 0 Å². The number of nitrogens with two attached hydrogens (primary N) is 1. The monoisotopic (exact) mass is 340 g/mol. The summed E-state index contributed by atoms with van der Waals surface area (Å²) in [6, 6.07) is 0. The number of esters is 1. The van der Waals surface area contributed by atoms with E-state index in [1.807, 2.05) is 5.32 Å². The average Bonchev–Trinajstić information content (AvgIpc) is 2.33. The maximum atomic E-state index is 11.9. The molecule has 9 nitrogen and oxygen atoms in total. The summed E-state index contributed by atoms with van der Waals surface area (Å²) in [5, 5.41) is 9.66. The molecule has 3 unspecified atom stereocenters. The van der Waals surface area contributed by atoms with Crippen LogP contribution in [0.4, 0.5) is 0 Å². The van der Waals surface area contributed by atoms with Gasteiger partial charge < -0.3 is 15.2 Å². The third-order valence-corrected chi connectivity index (χ3v) is 4.23. The molecular formula is C12H24N2O7S. The van der Waals surface area contributed by atoms with Crippen LogP contribution < -0.4 is 11.1 Å². The van der Waals surface area contributed by atoms with E-state index < -0.39 is 45.1 Å². The van der Waals surface area contributed by atoms with E-state index in [4.69, 9.17) is 15.0 Å². The highest BCUT2D eigenvalue weighted by Crippen LogP contribution is 2.14. The van der Waals surface area contributed by atoms with Crippen LogP contribution in [0.15, 0.2) is 0 Å². The Morgan fingerprint density at radius 3 is 2.14 bits per heavy atom. The predicted octanol–water partition coefficient (Wildman–Crippen LogP) is -0.504. The average molecular weight is 340 g/mol. The first-order valence-corrected chi connectivity index (χ1v) is 8.26. The van der Waals surface area contributed by atoms with Gasteiger partial charge in [-0.1, -0.05) is 13.8 Å². The number of carbonyl (C=O) groups excluding carboxylic acids is 2. The maximum absolute atomic E-state index is 11.9. The summed E-state index contributed by atoms with van der Waals surface area (Å²) in [6.45, 7) is 5.87.